The summed E-state index contributed by atoms with van der Waals surface area (Å²) in [6.45, 7) is 16.2. The van der Waals surface area contributed by atoms with Gasteiger partial charge in [-0.1, -0.05) is 72.2 Å². The molecule has 0 aliphatic carbocycles. The largest absolute Gasteiger partial charge is 0.356 e. The summed E-state index contributed by atoms with van der Waals surface area (Å²) >= 11 is 0. The van der Waals surface area contributed by atoms with Crippen LogP contribution in [0, 0.1) is 0 Å². The second-order valence-corrected chi connectivity index (χ2v) is 9.58. The fourth-order valence-electron chi connectivity index (χ4n) is 4.71. The second-order valence-electron chi connectivity index (χ2n) is 9.58. The Balaban J connectivity index is 0.000000610. The zero-order valence-electron chi connectivity index (χ0n) is 25.8. The standard InChI is InChI=1S/C26H28N8.C3H8.2C2H6/c1-3-11-33(12-4-1)25-22-15-23(32-24(22)29-18-30-25)19-7-9-20(10-8-19)31-21-16-27-26(28-17-21)34-13-5-2-6-14-34;1-3-2;2*1-2/h2,5,7-10,15-18,31H,1,3-4,6,11-14H2,(H,29,30,32);3H2,1-2H3;2*1-2H3. The van der Waals surface area contributed by atoms with Gasteiger partial charge >= 0.3 is 0 Å². The third kappa shape index (κ3) is 8.52. The molecule has 5 heterocycles. The van der Waals surface area contributed by atoms with Gasteiger partial charge in [0.2, 0.25) is 5.95 Å². The topological polar surface area (TPSA) is 85.9 Å². The summed E-state index contributed by atoms with van der Waals surface area (Å²) in [4.78, 5) is 26.2. The van der Waals surface area contributed by atoms with Gasteiger partial charge in [-0.2, -0.15) is 0 Å². The first-order chi connectivity index (χ1) is 20.2. The number of hydrogen-bond acceptors (Lipinski definition) is 7. The number of fused-ring (bicyclic) bond motifs is 1. The van der Waals surface area contributed by atoms with Gasteiger partial charge in [-0.3, -0.25) is 0 Å². The van der Waals surface area contributed by atoms with Crippen LogP contribution >= 0.6 is 0 Å². The van der Waals surface area contributed by atoms with Crippen LogP contribution in [0.1, 0.15) is 73.6 Å². The summed E-state index contributed by atoms with van der Waals surface area (Å²) < 4.78 is 0. The summed E-state index contributed by atoms with van der Waals surface area (Å²) in [5.74, 6) is 1.81. The average Bonchev–Trinajstić information content (AvgIpc) is 3.50. The Morgan fingerprint density at radius 2 is 1.46 bits per heavy atom. The Labute approximate surface area is 246 Å². The van der Waals surface area contributed by atoms with E-state index < -0.39 is 0 Å². The lowest BCUT2D eigenvalue weighted by molar-refractivity contribution is 0.574. The molecule has 8 nitrogen and oxygen atoms in total. The monoisotopic (exact) mass is 556 g/mol. The molecule has 1 saturated heterocycles. The van der Waals surface area contributed by atoms with Crippen molar-refractivity contribution in [2.24, 2.45) is 0 Å². The van der Waals surface area contributed by atoms with Crippen molar-refractivity contribution in [2.75, 3.05) is 41.3 Å². The molecule has 0 radical (unpaired) electrons. The van der Waals surface area contributed by atoms with Crippen molar-refractivity contribution in [1.29, 1.82) is 0 Å². The van der Waals surface area contributed by atoms with Gasteiger partial charge in [-0.05, 0) is 49.4 Å². The van der Waals surface area contributed by atoms with Gasteiger partial charge in [-0.15, -0.1) is 0 Å². The van der Waals surface area contributed by atoms with Crippen molar-refractivity contribution in [3.8, 4) is 11.3 Å². The fourth-order valence-corrected chi connectivity index (χ4v) is 4.71. The van der Waals surface area contributed by atoms with Crippen LogP contribution in [-0.2, 0) is 0 Å². The number of benzene rings is 1. The lowest BCUT2D eigenvalue weighted by Gasteiger charge is -2.27. The number of H-pyrrole nitrogens is 1. The Kier molecular flexibility index (Phi) is 13.1. The van der Waals surface area contributed by atoms with E-state index in [0.29, 0.717) is 0 Å². The maximum atomic E-state index is 4.60. The van der Waals surface area contributed by atoms with Crippen LogP contribution in [0.5, 0.6) is 0 Å². The first-order valence-corrected chi connectivity index (χ1v) is 15.4. The zero-order valence-corrected chi connectivity index (χ0v) is 25.8. The van der Waals surface area contributed by atoms with Crippen molar-refractivity contribution in [3.05, 3.63) is 61.2 Å². The molecule has 6 rings (SSSR count). The molecule has 2 aliphatic heterocycles. The summed E-state index contributed by atoms with van der Waals surface area (Å²) in [6.07, 6.45) is 15.7. The van der Waals surface area contributed by atoms with E-state index in [1.54, 1.807) is 6.33 Å². The fraction of sp³-hybridized carbons (Fsp3) is 0.455. The van der Waals surface area contributed by atoms with E-state index in [1.807, 2.05) is 40.1 Å². The number of aromatic nitrogens is 5. The van der Waals surface area contributed by atoms with Crippen molar-refractivity contribution < 1.29 is 0 Å². The molecule has 1 aromatic carbocycles. The first-order valence-electron chi connectivity index (χ1n) is 15.4. The first kappa shape index (κ1) is 31.6. The second kappa shape index (κ2) is 17.0. The number of nitrogens with one attached hydrogen (secondary N) is 2. The van der Waals surface area contributed by atoms with E-state index in [2.05, 4.69) is 96.4 Å². The summed E-state index contributed by atoms with van der Waals surface area (Å²) in [5, 5.41) is 4.48. The van der Waals surface area contributed by atoms with Crippen LogP contribution < -0.4 is 15.1 Å². The molecule has 1 fully saturated rings. The van der Waals surface area contributed by atoms with Crippen LogP contribution in [0.2, 0.25) is 0 Å². The van der Waals surface area contributed by atoms with Gasteiger partial charge in [0.05, 0.1) is 23.5 Å². The molecule has 4 aromatic rings. The molecule has 2 N–H and O–H groups in total. The number of nitrogens with zero attached hydrogens (tertiary/aromatic N) is 6. The van der Waals surface area contributed by atoms with E-state index in [0.717, 1.165) is 78.0 Å². The van der Waals surface area contributed by atoms with Gasteiger partial charge in [0, 0.05) is 37.6 Å². The van der Waals surface area contributed by atoms with Gasteiger partial charge in [-0.25, -0.2) is 19.9 Å². The van der Waals surface area contributed by atoms with Crippen molar-refractivity contribution in [3.63, 3.8) is 0 Å². The van der Waals surface area contributed by atoms with E-state index in [-0.39, 0.29) is 0 Å². The molecular weight excluding hydrogens is 508 g/mol. The van der Waals surface area contributed by atoms with E-state index in [1.165, 1.54) is 25.7 Å². The minimum Gasteiger partial charge on any atom is -0.356 e. The third-order valence-corrected chi connectivity index (χ3v) is 6.52. The Hall–Kier alpha value is -3.94. The normalized spacial score (nSPS) is 14.2. The highest BCUT2D eigenvalue weighted by atomic mass is 15.2. The molecule has 8 heteroatoms. The van der Waals surface area contributed by atoms with Crippen molar-refractivity contribution in [1.82, 2.24) is 24.9 Å². The Morgan fingerprint density at radius 1 is 0.780 bits per heavy atom. The number of hydrogen-bond donors (Lipinski definition) is 2. The quantitative estimate of drug-likeness (QED) is 0.239. The molecule has 2 aliphatic rings. The molecule has 0 atom stereocenters. The highest BCUT2D eigenvalue weighted by molar-refractivity contribution is 5.92. The predicted octanol–water partition coefficient (Wildman–Crippen LogP) is 8.38. The lowest BCUT2D eigenvalue weighted by atomic mass is 10.1. The Bertz CT molecular complexity index is 1310. The maximum Gasteiger partial charge on any atom is 0.225 e. The third-order valence-electron chi connectivity index (χ3n) is 6.52. The molecule has 0 unspecified atom stereocenters. The van der Waals surface area contributed by atoms with Gasteiger partial charge in [0.15, 0.2) is 0 Å². The predicted molar refractivity (Wildman–Crippen MR) is 175 cm³/mol. The molecule has 220 valence electrons. The summed E-state index contributed by atoms with van der Waals surface area (Å²) in [5.41, 5.74) is 4.90. The van der Waals surface area contributed by atoms with E-state index >= 15 is 0 Å². The van der Waals surface area contributed by atoms with Crippen molar-refractivity contribution in [2.45, 2.75) is 73.6 Å². The van der Waals surface area contributed by atoms with E-state index in [9.17, 15) is 0 Å². The van der Waals surface area contributed by atoms with E-state index in [4.69, 9.17) is 0 Å². The smallest absolute Gasteiger partial charge is 0.225 e. The molecule has 3 aromatic heterocycles. The molecule has 41 heavy (non-hydrogen) atoms. The molecule has 0 amide bonds. The summed E-state index contributed by atoms with van der Waals surface area (Å²) in [6, 6.07) is 10.5. The van der Waals surface area contributed by atoms with Crippen LogP contribution in [0.3, 0.4) is 0 Å². The average molecular weight is 557 g/mol. The van der Waals surface area contributed by atoms with Crippen molar-refractivity contribution >= 4 is 34.2 Å². The lowest BCUT2D eigenvalue weighted by Crippen LogP contribution is -2.30. The number of aromatic amines is 1. The molecule has 0 bridgehead atoms. The highest BCUT2D eigenvalue weighted by Gasteiger charge is 2.17. The Morgan fingerprint density at radius 3 is 2.10 bits per heavy atom. The highest BCUT2D eigenvalue weighted by Crippen LogP contribution is 2.31. The van der Waals surface area contributed by atoms with Crippen LogP contribution in [0.15, 0.2) is 61.2 Å². The molecular formula is C33H48N8. The number of anilines is 4. The van der Waals surface area contributed by atoms with Gasteiger partial charge in [0.1, 0.15) is 17.8 Å². The zero-order chi connectivity index (χ0) is 29.5. The molecule has 0 spiro atoms. The SMILES string of the molecule is C1=CCN(c2ncc(Nc3ccc(-c4cc5c(N6CCCCC6)ncnc5[nH]4)cc3)cn2)CC1.CC.CC.CCC. The number of rotatable bonds is 5. The summed E-state index contributed by atoms with van der Waals surface area (Å²) in [7, 11) is 0. The van der Waals surface area contributed by atoms with Crippen LogP contribution in [0.25, 0.3) is 22.3 Å². The minimum absolute atomic E-state index is 0.774. The van der Waals surface area contributed by atoms with Gasteiger partial charge in [0.25, 0.3) is 0 Å². The number of piperidine rings is 1. The van der Waals surface area contributed by atoms with Gasteiger partial charge < -0.3 is 20.1 Å². The maximum absolute atomic E-state index is 4.60. The van der Waals surface area contributed by atoms with Crippen LogP contribution in [0.4, 0.5) is 23.1 Å². The van der Waals surface area contributed by atoms with Crippen LogP contribution in [-0.4, -0.2) is 51.1 Å². The molecule has 0 saturated carbocycles. The minimum atomic E-state index is 0.774.